The fourth-order valence-electron chi connectivity index (χ4n) is 0.783. The predicted octanol–water partition coefficient (Wildman–Crippen LogP) is 3.06. The monoisotopic (exact) mass is 216 g/mol. The van der Waals surface area contributed by atoms with Crippen LogP contribution in [-0.4, -0.2) is 25.1 Å². The van der Waals surface area contributed by atoms with Crippen LogP contribution < -0.4 is 0 Å². The van der Waals surface area contributed by atoms with Gasteiger partial charge in [0.05, 0.1) is 13.0 Å². The summed E-state index contributed by atoms with van der Waals surface area (Å²) in [6, 6.07) is 0. The number of hydrogen-bond acceptors (Lipinski definition) is 2. The van der Waals surface area contributed by atoms with E-state index in [0.717, 1.165) is 25.0 Å². The van der Waals surface area contributed by atoms with E-state index in [1.165, 1.54) is 0 Å². The molecule has 0 aromatic heterocycles. The normalized spacial score (nSPS) is 12.0. The molecule has 0 rings (SSSR count). The van der Waals surface area contributed by atoms with Crippen molar-refractivity contribution in [2.24, 2.45) is 0 Å². The topological polar surface area (TPSA) is 9.23 Å². The number of alkyl halides is 3. The molecule has 0 aliphatic heterocycles. The standard InChI is InChI=1S/C8H15F3OS/c9-8(10,11)4-6-12-5-2-1-3-7-13/h13H,1-7H2. The van der Waals surface area contributed by atoms with Crippen molar-refractivity contribution in [1.29, 1.82) is 0 Å². The Hall–Kier alpha value is 0.100. The number of ether oxygens (including phenoxy) is 1. The first kappa shape index (κ1) is 13.1. The fourth-order valence-corrected chi connectivity index (χ4v) is 1.01. The lowest BCUT2D eigenvalue weighted by molar-refractivity contribution is -0.145. The molecule has 0 bridgehead atoms. The molecule has 0 aromatic rings. The molecule has 0 fully saturated rings. The molecule has 1 nitrogen and oxygen atoms in total. The average molecular weight is 216 g/mol. The summed E-state index contributed by atoms with van der Waals surface area (Å²) in [6.45, 7) is 0.203. The van der Waals surface area contributed by atoms with Crippen molar-refractivity contribution < 1.29 is 17.9 Å². The van der Waals surface area contributed by atoms with Crippen LogP contribution in [0.15, 0.2) is 0 Å². The summed E-state index contributed by atoms with van der Waals surface area (Å²) in [7, 11) is 0. The molecule has 0 spiro atoms. The van der Waals surface area contributed by atoms with Gasteiger partial charge in [0.15, 0.2) is 0 Å². The van der Waals surface area contributed by atoms with Crippen molar-refractivity contribution in [3.8, 4) is 0 Å². The molecular weight excluding hydrogens is 201 g/mol. The molecule has 0 atom stereocenters. The summed E-state index contributed by atoms with van der Waals surface area (Å²) in [5.74, 6) is 0.822. The van der Waals surface area contributed by atoms with Gasteiger partial charge in [0.2, 0.25) is 0 Å². The summed E-state index contributed by atoms with van der Waals surface area (Å²) >= 11 is 4.01. The SMILES string of the molecule is FC(F)(F)CCOCCCCCS. The van der Waals surface area contributed by atoms with Gasteiger partial charge in [-0.3, -0.25) is 0 Å². The zero-order chi connectivity index (χ0) is 10.2. The van der Waals surface area contributed by atoms with Crippen LogP contribution >= 0.6 is 12.6 Å². The first-order valence-corrected chi connectivity index (χ1v) is 4.95. The van der Waals surface area contributed by atoms with Crippen molar-refractivity contribution in [2.75, 3.05) is 19.0 Å². The van der Waals surface area contributed by atoms with E-state index in [-0.39, 0.29) is 6.61 Å². The van der Waals surface area contributed by atoms with E-state index in [1.54, 1.807) is 0 Å². The Balaban J connectivity index is 3.00. The van der Waals surface area contributed by atoms with Gasteiger partial charge in [0.25, 0.3) is 0 Å². The van der Waals surface area contributed by atoms with Crippen molar-refractivity contribution in [2.45, 2.75) is 31.9 Å². The van der Waals surface area contributed by atoms with Crippen LogP contribution in [-0.2, 0) is 4.74 Å². The number of thiol groups is 1. The van der Waals surface area contributed by atoms with Crippen molar-refractivity contribution in [1.82, 2.24) is 0 Å². The summed E-state index contributed by atoms with van der Waals surface area (Å²) in [6.07, 6.45) is -2.16. The second-order valence-electron chi connectivity index (χ2n) is 2.76. The molecule has 0 unspecified atom stereocenters. The first-order valence-electron chi connectivity index (χ1n) is 4.31. The molecule has 0 saturated carbocycles. The maximum Gasteiger partial charge on any atom is 0.391 e. The van der Waals surface area contributed by atoms with E-state index >= 15 is 0 Å². The first-order chi connectivity index (χ1) is 6.06. The molecule has 0 saturated heterocycles. The minimum absolute atomic E-state index is 0.218. The quantitative estimate of drug-likeness (QED) is 0.508. The fraction of sp³-hybridized carbons (Fsp3) is 1.00. The highest BCUT2D eigenvalue weighted by Gasteiger charge is 2.26. The Kier molecular flexibility index (Phi) is 7.56. The van der Waals surface area contributed by atoms with Crippen LogP contribution in [0.25, 0.3) is 0 Å². The third kappa shape index (κ3) is 12.1. The third-order valence-corrected chi connectivity index (χ3v) is 1.79. The second kappa shape index (κ2) is 7.50. The van der Waals surface area contributed by atoms with E-state index < -0.39 is 12.6 Å². The average Bonchev–Trinajstić information content (AvgIpc) is 2.01. The molecule has 0 amide bonds. The molecule has 13 heavy (non-hydrogen) atoms. The Morgan fingerprint density at radius 3 is 2.23 bits per heavy atom. The molecule has 0 aliphatic carbocycles. The summed E-state index contributed by atoms with van der Waals surface area (Å²) < 4.78 is 39.6. The molecule has 80 valence electrons. The number of hydrogen-bond donors (Lipinski definition) is 1. The van der Waals surface area contributed by atoms with Crippen molar-refractivity contribution >= 4 is 12.6 Å². The third-order valence-electron chi connectivity index (χ3n) is 1.48. The lowest BCUT2D eigenvalue weighted by Gasteiger charge is -2.06. The Labute approximate surface area is 82.1 Å². The van der Waals surface area contributed by atoms with Gasteiger partial charge >= 0.3 is 6.18 Å². The van der Waals surface area contributed by atoms with Crippen LogP contribution in [0, 0.1) is 0 Å². The number of rotatable bonds is 7. The predicted molar refractivity (Wildman–Crippen MR) is 49.2 cm³/mol. The van der Waals surface area contributed by atoms with Gasteiger partial charge in [-0.05, 0) is 18.6 Å². The maximum atomic E-state index is 11.6. The number of halogens is 3. The van der Waals surface area contributed by atoms with Crippen LogP contribution in [0.1, 0.15) is 25.7 Å². The van der Waals surface area contributed by atoms with E-state index in [9.17, 15) is 13.2 Å². The lowest BCUT2D eigenvalue weighted by Crippen LogP contribution is -2.11. The second-order valence-corrected chi connectivity index (χ2v) is 3.21. The van der Waals surface area contributed by atoms with Gasteiger partial charge in [-0.1, -0.05) is 6.42 Å². The zero-order valence-corrected chi connectivity index (χ0v) is 8.33. The summed E-state index contributed by atoms with van der Waals surface area (Å²) in [5.41, 5.74) is 0. The maximum absolute atomic E-state index is 11.6. The lowest BCUT2D eigenvalue weighted by atomic mass is 10.3. The number of unbranched alkanes of at least 4 members (excludes halogenated alkanes) is 2. The molecule has 0 radical (unpaired) electrons. The zero-order valence-electron chi connectivity index (χ0n) is 7.44. The van der Waals surface area contributed by atoms with Crippen LogP contribution in [0.5, 0.6) is 0 Å². The Bertz CT molecular complexity index is 116. The molecule has 0 N–H and O–H groups in total. The van der Waals surface area contributed by atoms with Gasteiger partial charge in [0.1, 0.15) is 0 Å². The van der Waals surface area contributed by atoms with Crippen LogP contribution in [0.4, 0.5) is 13.2 Å². The smallest absolute Gasteiger partial charge is 0.381 e. The Morgan fingerprint density at radius 2 is 1.69 bits per heavy atom. The minimum Gasteiger partial charge on any atom is -0.381 e. The van der Waals surface area contributed by atoms with Crippen molar-refractivity contribution in [3.63, 3.8) is 0 Å². The highest BCUT2D eigenvalue weighted by molar-refractivity contribution is 7.80. The van der Waals surface area contributed by atoms with Gasteiger partial charge < -0.3 is 4.74 Å². The largest absolute Gasteiger partial charge is 0.391 e. The van der Waals surface area contributed by atoms with E-state index in [4.69, 9.17) is 4.74 Å². The van der Waals surface area contributed by atoms with E-state index in [2.05, 4.69) is 12.6 Å². The molecule has 0 aromatic carbocycles. The molecule has 5 heteroatoms. The molecule has 0 heterocycles. The highest BCUT2D eigenvalue weighted by atomic mass is 32.1. The molecule has 0 aliphatic rings. The minimum atomic E-state index is -4.09. The van der Waals surface area contributed by atoms with Crippen LogP contribution in [0.2, 0.25) is 0 Å². The Morgan fingerprint density at radius 1 is 1.00 bits per heavy atom. The van der Waals surface area contributed by atoms with E-state index in [1.807, 2.05) is 0 Å². The summed E-state index contributed by atoms with van der Waals surface area (Å²) in [4.78, 5) is 0. The van der Waals surface area contributed by atoms with Gasteiger partial charge in [-0.2, -0.15) is 25.8 Å². The van der Waals surface area contributed by atoms with E-state index in [0.29, 0.717) is 6.61 Å². The highest BCUT2D eigenvalue weighted by Crippen LogP contribution is 2.18. The molecular formula is C8H15F3OS. The van der Waals surface area contributed by atoms with Gasteiger partial charge in [-0.15, -0.1) is 0 Å². The summed E-state index contributed by atoms with van der Waals surface area (Å²) in [5, 5.41) is 0. The van der Waals surface area contributed by atoms with Gasteiger partial charge in [0, 0.05) is 6.61 Å². The van der Waals surface area contributed by atoms with Crippen LogP contribution in [0.3, 0.4) is 0 Å². The van der Waals surface area contributed by atoms with Crippen molar-refractivity contribution in [3.05, 3.63) is 0 Å². The van der Waals surface area contributed by atoms with Gasteiger partial charge in [-0.25, -0.2) is 0 Å².